The summed E-state index contributed by atoms with van der Waals surface area (Å²) in [6.07, 6.45) is 8.17. The van der Waals surface area contributed by atoms with Crippen LogP contribution in [0, 0.1) is 0 Å². The monoisotopic (exact) mass is 484 g/mol. The van der Waals surface area contributed by atoms with Crippen LogP contribution in [-0.4, -0.2) is 52.1 Å². The Morgan fingerprint density at radius 1 is 1.17 bits per heavy atom. The number of rotatable bonds is 10. The molecule has 0 bridgehead atoms. The van der Waals surface area contributed by atoms with E-state index >= 15 is 0 Å². The van der Waals surface area contributed by atoms with Crippen molar-refractivity contribution < 1.29 is 19.1 Å². The third-order valence-corrected chi connectivity index (χ3v) is 6.64. The van der Waals surface area contributed by atoms with Crippen LogP contribution in [0.15, 0.2) is 36.8 Å². The highest BCUT2D eigenvalue weighted by Gasteiger charge is 2.43. The number of likely N-dealkylation sites (tertiary alicyclic amines) is 1. The fraction of sp³-hybridized carbons (Fsp3) is 0.593. The number of hydrogen-bond donors (Lipinski definition) is 1. The second-order valence-corrected chi connectivity index (χ2v) is 10.4. The Kier molecular flexibility index (Phi) is 8.81. The molecule has 1 aliphatic heterocycles. The van der Waals surface area contributed by atoms with Crippen molar-refractivity contribution in [1.29, 1.82) is 0 Å². The summed E-state index contributed by atoms with van der Waals surface area (Å²) in [6, 6.07) is 6.84. The van der Waals surface area contributed by atoms with E-state index in [4.69, 9.17) is 15.2 Å². The van der Waals surface area contributed by atoms with E-state index in [1.807, 2.05) is 12.1 Å². The Hall–Kier alpha value is -3.03. The van der Waals surface area contributed by atoms with Gasteiger partial charge < -0.3 is 24.7 Å². The lowest BCUT2D eigenvalue weighted by atomic mass is 9.87. The number of nitrogen functional groups attached to an aromatic ring is 1. The van der Waals surface area contributed by atoms with Gasteiger partial charge in [0.05, 0.1) is 20.0 Å². The van der Waals surface area contributed by atoms with Gasteiger partial charge in [-0.25, -0.2) is 9.78 Å². The molecule has 8 heteroatoms. The highest BCUT2D eigenvalue weighted by atomic mass is 16.5. The number of esters is 1. The minimum Gasteiger partial charge on any atom is -0.488 e. The number of hydrogen-bond acceptors (Lipinski definition) is 6. The van der Waals surface area contributed by atoms with E-state index in [0.717, 1.165) is 31.4 Å². The normalized spacial score (nSPS) is 18.9. The third kappa shape index (κ3) is 6.77. The van der Waals surface area contributed by atoms with Gasteiger partial charge in [0.2, 0.25) is 5.91 Å². The fourth-order valence-corrected chi connectivity index (χ4v) is 4.59. The number of nitrogens with zero attached hydrogens (tertiary/aromatic N) is 3. The van der Waals surface area contributed by atoms with Crippen LogP contribution in [-0.2, 0) is 19.7 Å². The molecule has 1 fully saturated rings. The van der Waals surface area contributed by atoms with Gasteiger partial charge in [-0.1, -0.05) is 65.5 Å². The lowest BCUT2D eigenvalue weighted by Crippen LogP contribution is -2.44. The van der Waals surface area contributed by atoms with Gasteiger partial charge in [0.1, 0.15) is 29.8 Å². The molecule has 0 unspecified atom stereocenters. The van der Waals surface area contributed by atoms with Crippen molar-refractivity contribution in [3.05, 3.63) is 42.4 Å². The van der Waals surface area contributed by atoms with E-state index in [9.17, 15) is 9.59 Å². The number of aromatic nitrogens is 2. The number of anilines is 1. The van der Waals surface area contributed by atoms with E-state index in [2.05, 4.69) is 44.8 Å². The van der Waals surface area contributed by atoms with E-state index in [0.29, 0.717) is 25.2 Å². The van der Waals surface area contributed by atoms with Gasteiger partial charge in [-0.2, -0.15) is 0 Å². The fourth-order valence-electron chi connectivity index (χ4n) is 4.59. The molecule has 3 atom stereocenters. The molecule has 2 N–H and O–H groups in total. The molecule has 0 aliphatic carbocycles. The maximum Gasteiger partial charge on any atom is 0.328 e. The molecule has 1 aliphatic rings. The SMILES string of the molecule is CCCCCC[C@H](C(=O)N1C[C@@H](Oc2ccc(C(C)(C)C)cc2)C[C@H]1C(=O)OC)n1cnc(N)c1. The van der Waals surface area contributed by atoms with Crippen LogP contribution < -0.4 is 10.5 Å². The van der Waals surface area contributed by atoms with Crippen molar-refractivity contribution >= 4 is 17.7 Å². The number of methoxy groups -OCH3 is 1. The summed E-state index contributed by atoms with van der Waals surface area (Å²) >= 11 is 0. The van der Waals surface area contributed by atoms with Gasteiger partial charge in [0, 0.05) is 12.6 Å². The van der Waals surface area contributed by atoms with E-state index in [-0.39, 0.29) is 17.4 Å². The van der Waals surface area contributed by atoms with Gasteiger partial charge in [0.15, 0.2) is 0 Å². The van der Waals surface area contributed by atoms with Crippen molar-refractivity contribution in [2.45, 2.75) is 89.8 Å². The van der Waals surface area contributed by atoms with Crippen LogP contribution in [0.4, 0.5) is 5.82 Å². The first-order chi connectivity index (χ1) is 16.6. The smallest absolute Gasteiger partial charge is 0.328 e. The summed E-state index contributed by atoms with van der Waals surface area (Å²) in [5.41, 5.74) is 7.10. The average molecular weight is 485 g/mol. The number of carbonyl (C=O) groups is 2. The van der Waals surface area contributed by atoms with Gasteiger partial charge in [-0.3, -0.25) is 4.79 Å². The van der Waals surface area contributed by atoms with Crippen molar-refractivity contribution in [3.8, 4) is 5.75 Å². The summed E-state index contributed by atoms with van der Waals surface area (Å²) in [6.45, 7) is 8.96. The van der Waals surface area contributed by atoms with Crippen LogP contribution in [0.5, 0.6) is 5.75 Å². The molecule has 1 aromatic carbocycles. The highest BCUT2D eigenvalue weighted by Crippen LogP contribution is 2.30. The summed E-state index contributed by atoms with van der Waals surface area (Å²) in [5.74, 6) is 0.521. The Labute approximate surface area is 208 Å². The van der Waals surface area contributed by atoms with Gasteiger partial charge in [-0.15, -0.1) is 0 Å². The molecule has 2 heterocycles. The molecule has 3 rings (SSSR count). The van der Waals surface area contributed by atoms with E-state index in [1.165, 1.54) is 12.7 Å². The molecular formula is C27H40N4O4. The lowest BCUT2D eigenvalue weighted by molar-refractivity contribution is -0.152. The molecule has 8 nitrogen and oxygen atoms in total. The predicted molar refractivity (Wildman–Crippen MR) is 136 cm³/mol. The summed E-state index contributed by atoms with van der Waals surface area (Å²) < 4.78 is 13.0. The van der Waals surface area contributed by atoms with Gasteiger partial charge >= 0.3 is 5.97 Å². The van der Waals surface area contributed by atoms with Crippen LogP contribution >= 0.6 is 0 Å². The topological polar surface area (TPSA) is 99.7 Å². The second-order valence-electron chi connectivity index (χ2n) is 10.4. The number of amides is 1. The molecular weight excluding hydrogens is 444 g/mol. The molecule has 1 amide bonds. The summed E-state index contributed by atoms with van der Waals surface area (Å²) in [7, 11) is 1.35. The third-order valence-electron chi connectivity index (χ3n) is 6.64. The van der Waals surface area contributed by atoms with Crippen LogP contribution in [0.1, 0.15) is 77.8 Å². The summed E-state index contributed by atoms with van der Waals surface area (Å²) in [5, 5.41) is 0. The first-order valence-electron chi connectivity index (χ1n) is 12.6. The van der Waals surface area contributed by atoms with Crippen LogP contribution in [0.25, 0.3) is 0 Å². The first kappa shape index (κ1) is 26.6. The highest BCUT2D eigenvalue weighted by molar-refractivity contribution is 5.87. The molecule has 0 spiro atoms. The number of imidazole rings is 1. The maximum atomic E-state index is 13.8. The van der Waals surface area contributed by atoms with Crippen molar-refractivity contribution in [2.24, 2.45) is 0 Å². The zero-order valence-electron chi connectivity index (χ0n) is 21.7. The maximum absolute atomic E-state index is 13.8. The number of unbranched alkanes of at least 4 members (excludes halogenated alkanes) is 3. The minimum absolute atomic E-state index is 0.0495. The number of carbonyl (C=O) groups excluding carboxylic acids is 2. The molecule has 1 saturated heterocycles. The molecule has 0 radical (unpaired) electrons. The molecule has 192 valence electrons. The Morgan fingerprint density at radius 2 is 1.89 bits per heavy atom. The van der Waals surface area contributed by atoms with Crippen molar-refractivity contribution in [1.82, 2.24) is 14.5 Å². The van der Waals surface area contributed by atoms with Crippen molar-refractivity contribution in [2.75, 3.05) is 19.4 Å². The number of nitrogens with two attached hydrogens (primary N) is 1. The lowest BCUT2D eigenvalue weighted by Gasteiger charge is -2.28. The first-order valence-corrected chi connectivity index (χ1v) is 12.6. The van der Waals surface area contributed by atoms with Gasteiger partial charge in [-0.05, 0) is 29.5 Å². The van der Waals surface area contributed by atoms with Crippen molar-refractivity contribution in [3.63, 3.8) is 0 Å². The van der Waals surface area contributed by atoms with Crippen LogP contribution in [0.3, 0.4) is 0 Å². The zero-order chi connectivity index (χ0) is 25.6. The predicted octanol–water partition coefficient (Wildman–Crippen LogP) is 4.50. The molecule has 2 aromatic rings. The number of ether oxygens (including phenoxy) is 2. The Bertz CT molecular complexity index is 980. The molecule has 1 aromatic heterocycles. The second kappa shape index (κ2) is 11.6. The summed E-state index contributed by atoms with van der Waals surface area (Å²) in [4.78, 5) is 32.1. The van der Waals surface area contributed by atoms with E-state index < -0.39 is 18.1 Å². The Morgan fingerprint density at radius 3 is 2.46 bits per heavy atom. The van der Waals surface area contributed by atoms with Gasteiger partial charge in [0.25, 0.3) is 0 Å². The number of benzene rings is 1. The standard InChI is InChI=1S/C27H40N4O4/c1-6-7-8-9-10-22(30-17-24(28)29-18-30)25(32)31-16-21(15-23(31)26(33)34-5)35-20-13-11-19(12-14-20)27(2,3)4/h11-14,17-18,21-23H,6-10,15-16,28H2,1-5H3/t21-,22+,23-/m0/s1. The average Bonchev–Trinajstić information content (AvgIpc) is 3.44. The minimum atomic E-state index is -0.689. The largest absolute Gasteiger partial charge is 0.488 e. The zero-order valence-corrected chi connectivity index (χ0v) is 21.7. The quantitative estimate of drug-likeness (QED) is 0.394. The molecule has 35 heavy (non-hydrogen) atoms. The Balaban J connectivity index is 1.77. The molecule has 0 saturated carbocycles. The van der Waals surface area contributed by atoms with E-state index in [1.54, 1.807) is 22.0 Å². The van der Waals surface area contributed by atoms with Crippen LogP contribution in [0.2, 0.25) is 0 Å².